The van der Waals surface area contributed by atoms with E-state index in [0.717, 1.165) is 21.5 Å². The minimum atomic E-state index is -0.705. The fourth-order valence-corrected chi connectivity index (χ4v) is 4.77. The number of methoxy groups -OCH3 is 3. The number of anilines is 1. The zero-order valence-electron chi connectivity index (χ0n) is 16.0. The van der Waals surface area contributed by atoms with Gasteiger partial charge in [-0.3, -0.25) is 4.90 Å². The molecule has 2 aliphatic rings. The van der Waals surface area contributed by atoms with E-state index in [-0.39, 0.29) is 6.04 Å². The highest BCUT2D eigenvalue weighted by molar-refractivity contribution is 9.10. The Bertz CT molecular complexity index is 954. The van der Waals surface area contributed by atoms with Gasteiger partial charge < -0.3 is 24.3 Å². The van der Waals surface area contributed by atoms with Gasteiger partial charge in [0.1, 0.15) is 11.5 Å². The summed E-state index contributed by atoms with van der Waals surface area (Å²) < 4.78 is 24.0. The lowest BCUT2D eigenvalue weighted by Crippen LogP contribution is -2.65. The second kappa shape index (κ2) is 7.00. The van der Waals surface area contributed by atoms with Crippen molar-refractivity contribution in [3.05, 3.63) is 40.4 Å². The molecule has 0 aliphatic carbocycles. The third-order valence-corrected chi connectivity index (χ3v) is 5.91. The quantitative estimate of drug-likeness (QED) is 0.672. The van der Waals surface area contributed by atoms with E-state index in [2.05, 4.69) is 21.2 Å². The molecule has 2 aromatic carbocycles. The van der Waals surface area contributed by atoms with Gasteiger partial charge in [-0.1, -0.05) is 15.9 Å². The molecule has 148 valence electrons. The van der Waals surface area contributed by atoms with Gasteiger partial charge in [-0.25, -0.2) is 0 Å². The Kier molecular flexibility index (Phi) is 4.79. The lowest BCUT2D eigenvalue weighted by molar-refractivity contribution is 0.0460. The van der Waals surface area contributed by atoms with Crippen LogP contribution in [0.2, 0.25) is 0 Å². The average molecular weight is 465 g/mol. The molecule has 0 unspecified atom stereocenters. The van der Waals surface area contributed by atoms with E-state index in [9.17, 15) is 0 Å². The molecule has 1 saturated heterocycles. The standard InChI is InChI=1S/C20H21BrN2O4S/c1-20-10-14(13-7-11(21)8-17(26-4)18(13)27-20)22-19(28)23(20)15-6-5-12(24-2)9-16(15)25-3/h5-9,14H,10H2,1-4H3,(H,22,28)/t14-,20+/m0/s1. The van der Waals surface area contributed by atoms with E-state index < -0.39 is 5.72 Å². The first-order chi connectivity index (χ1) is 13.4. The fraction of sp³-hybridized carbons (Fsp3) is 0.350. The van der Waals surface area contributed by atoms with Crippen LogP contribution in [0.1, 0.15) is 24.9 Å². The number of hydrogen-bond donors (Lipinski definition) is 1. The number of hydrogen-bond acceptors (Lipinski definition) is 5. The van der Waals surface area contributed by atoms with Crippen LogP contribution in [0.15, 0.2) is 34.8 Å². The van der Waals surface area contributed by atoms with Crippen molar-refractivity contribution in [2.45, 2.75) is 25.1 Å². The maximum atomic E-state index is 6.53. The van der Waals surface area contributed by atoms with E-state index in [1.54, 1.807) is 21.3 Å². The van der Waals surface area contributed by atoms with Crippen molar-refractivity contribution in [2.75, 3.05) is 26.2 Å². The lowest BCUT2D eigenvalue weighted by atomic mass is 9.90. The normalized spacial score (nSPS) is 22.7. The van der Waals surface area contributed by atoms with E-state index in [1.165, 1.54) is 0 Å². The highest BCUT2D eigenvalue weighted by Crippen LogP contribution is 2.51. The Morgan fingerprint density at radius 1 is 1.14 bits per heavy atom. The molecule has 1 N–H and O–H groups in total. The van der Waals surface area contributed by atoms with Gasteiger partial charge in [-0.2, -0.15) is 0 Å². The number of halogens is 1. The van der Waals surface area contributed by atoms with Crippen LogP contribution in [0.4, 0.5) is 5.69 Å². The van der Waals surface area contributed by atoms with Crippen LogP contribution in [-0.4, -0.2) is 32.2 Å². The minimum absolute atomic E-state index is 0.0214. The largest absolute Gasteiger partial charge is 0.497 e. The third kappa shape index (κ3) is 2.95. The van der Waals surface area contributed by atoms with Crippen LogP contribution in [0.25, 0.3) is 0 Å². The van der Waals surface area contributed by atoms with Crippen molar-refractivity contribution in [1.29, 1.82) is 0 Å². The zero-order chi connectivity index (χ0) is 20.1. The Hall–Kier alpha value is -2.19. The van der Waals surface area contributed by atoms with Crippen molar-refractivity contribution in [3.63, 3.8) is 0 Å². The number of thiocarbonyl (C=S) groups is 1. The summed E-state index contributed by atoms with van der Waals surface area (Å²) in [5.74, 6) is 2.76. The summed E-state index contributed by atoms with van der Waals surface area (Å²) in [6, 6.07) is 9.61. The summed E-state index contributed by atoms with van der Waals surface area (Å²) in [7, 11) is 4.89. The molecular formula is C20H21BrN2O4S. The van der Waals surface area contributed by atoms with Crippen LogP contribution < -0.4 is 29.2 Å². The van der Waals surface area contributed by atoms with Gasteiger partial charge >= 0.3 is 0 Å². The molecule has 6 nitrogen and oxygen atoms in total. The zero-order valence-corrected chi connectivity index (χ0v) is 18.4. The monoisotopic (exact) mass is 464 g/mol. The molecular weight excluding hydrogens is 444 g/mol. The number of nitrogens with zero attached hydrogens (tertiary/aromatic N) is 1. The molecule has 0 aromatic heterocycles. The Labute approximate surface area is 177 Å². The van der Waals surface area contributed by atoms with Crippen LogP contribution >= 0.6 is 28.1 Å². The number of fused-ring (bicyclic) bond motifs is 4. The molecule has 2 bridgehead atoms. The molecule has 8 heteroatoms. The van der Waals surface area contributed by atoms with Crippen molar-refractivity contribution in [3.8, 4) is 23.0 Å². The molecule has 4 rings (SSSR count). The summed E-state index contributed by atoms with van der Waals surface area (Å²) in [5, 5.41) is 4.03. The van der Waals surface area contributed by atoms with Gasteiger partial charge in [-0.15, -0.1) is 0 Å². The summed E-state index contributed by atoms with van der Waals surface area (Å²) >= 11 is 9.28. The van der Waals surface area contributed by atoms with Gasteiger partial charge in [0.15, 0.2) is 22.3 Å². The van der Waals surface area contributed by atoms with Crippen LogP contribution in [-0.2, 0) is 0 Å². The molecule has 2 aromatic rings. The van der Waals surface area contributed by atoms with Crippen molar-refractivity contribution in [2.24, 2.45) is 0 Å². The molecule has 0 spiro atoms. The van der Waals surface area contributed by atoms with E-state index in [1.807, 2.05) is 42.2 Å². The van der Waals surface area contributed by atoms with Crippen LogP contribution in [0.5, 0.6) is 23.0 Å². The second-order valence-electron chi connectivity index (χ2n) is 6.88. The van der Waals surface area contributed by atoms with Crippen molar-refractivity contribution in [1.82, 2.24) is 5.32 Å². The molecule has 28 heavy (non-hydrogen) atoms. The molecule has 2 aliphatic heterocycles. The van der Waals surface area contributed by atoms with E-state index in [4.69, 9.17) is 31.2 Å². The fourth-order valence-electron chi connectivity index (χ4n) is 3.89. The SMILES string of the molecule is COc1ccc(N2C(=S)N[C@H]3C[C@@]2(C)Oc2c(OC)cc(Br)cc23)c(OC)c1. The topological polar surface area (TPSA) is 52.2 Å². The van der Waals surface area contributed by atoms with Crippen molar-refractivity contribution < 1.29 is 18.9 Å². The Morgan fingerprint density at radius 2 is 1.89 bits per heavy atom. The number of rotatable bonds is 4. The van der Waals surface area contributed by atoms with E-state index in [0.29, 0.717) is 28.8 Å². The third-order valence-electron chi connectivity index (χ3n) is 5.15. The van der Waals surface area contributed by atoms with Crippen LogP contribution in [0, 0.1) is 0 Å². The minimum Gasteiger partial charge on any atom is -0.497 e. The first-order valence-corrected chi connectivity index (χ1v) is 9.99. The van der Waals surface area contributed by atoms with Gasteiger partial charge in [0.2, 0.25) is 0 Å². The lowest BCUT2D eigenvalue weighted by Gasteiger charge is -2.52. The smallest absolute Gasteiger partial charge is 0.188 e. The Morgan fingerprint density at radius 3 is 2.57 bits per heavy atom. The molecule has 0 amide bonds. The van der Waals surface area contributed by atoms with Gasteiger partial charge in [0.25, 0.3) is 0 Å². The molecule has 1 fully saturated rings. The number of benzene rings is 2. The molecule has 2 heterocycles. The first kappa shape index (κ1) is 19.1. The predicted molar refractivity (Wildman–Crippen MR) is 115 cm³/mol. The summed E-state index contributed by atoms with van der Waals surface area (Å²) in [5.41, 5.74) is 1.12. The summed E-state index contributed by atoms with van der Waals surface area (Å²) in [6.45, 7) is 2.03. The molecule has 0 saturated carbocycles. The van der Waals surface area contributed by atoms with Crippen molar-refractivity contribution >= 4 is 38.9 Å². The highest BCUT2D eigenvalue weighted by Gasteiger charge is 2.50. The average Bonchev–Trinajstić information content (AvgIpc) is 2.67. The number of nitrogens with one attached hydrogen (secondary N) is 1. The van der Waals surface area contributed by atoms with E-state index >= 15 is 0 Å². The molecule has 2 atom stereocenters. The number of ether oxygens (including phenoxy) is 4. The van der Waals surface area contributed by atoms with Gasteiger partial charge in [0, 0.05) is 22.5 Å². The second-order valence-corrected chi connectivity index (χ2v) is 8.19. The maximum Gasteiger partial charge on any atom is 0.188 e. The van der Waals surface area contributed by atoms with Gasteiger partial charge in [0.05, 0.1) is 33.1 Å². The predicted octanol–water partition coefficient (Wildman–Crippen LogP) is 4.41. The summed E-state index contributed by atoms with van der Waals surface area (Å²) in [6.07, 6.45) is 0.703. The first-order valence-electron chi connectivity index (χ1n) is 8.79. The summed E-state index contributed by atoms with van der Waals surface area (Å²) in [4.78, 5) is 1.96. The Balaban J connectivity index is 1.83. The molecule has 0 radical (unpaired) electrons. The van der Waals surface area contributed by atoms with Gasteiger partial charge in [-0.05, 0) is 43.4 Å². The van der Waals surface area contributed by atoms with Crippen LogP contribution in [0.3, 0.4) is 0 Å². The maximum absolute atomic E-state index is 6.53. The highest BCUT2D eigenvalue weighted by atomic mass is 79.9.